The van der Waals surface area contributed by atoms with E-state index < -0.39 is 0 Å². The maximum absolute atomic E-state index is 4.51. The van der Waals surface area contributed by atoms with Crippen molar-refractivity contribution in [3.8, 4) is 11.1 Å². The van der Waals surface area contributed by atoms with E-state index >= 15 is 0 Å². The van der Waals surface area contributed by atoms with Crippen molar-refractivity contribution in [2.45, 2.75) is 61.8 Å². The van der Waals surface area contributed by atoms with Gasteiger partial charge in [0.15, 0.2) is 0 Å². The number of hydrogen-bond donors (Lipinski definition) is 1. The van der Waals surface area contributed by atoms with E-state index in [1.54, 1.807) is 0 Å². The minimum atomic E-state index is 0.820. The highest BCUT2D eigenvalue weighted by atomic mass is 15.3. The fourth-order valence-corrected chi connectivity index (χ4v) is 4.57. The molecule has 2 aromatic carbocycles. The second-order valence-corrected chi connectivity index (χ2v) is 8.44. The standard InChI is InChI=1S/C31H36N2.C2H6/c1-9-14-27(15-10-2)33-24(7)31(23(6)32-25(33)8)28(11-3)26-18-19-30(22(5)20-26)29-17-13-12-16-21(29)4;1-2/h9,11-20,32H,7-8,10H2,1-6H3;1-2H3/b14-9-,27-15+,28-11-;. The van der Waals surface area contributed by atoms with Crippen LogP contribution in [0, 0.1) is 13.8 Å². The molecule has 0 unspecified atom stereocenters. The summed E-state index contributed by atoms with van der Waals surface area (Å²) in [5, 5.41) is 3.49. The molecule has 2 nitrogen and oxygen atoms in total. The van der Waals surface area contributed by atoms with E-state index in [4.69, 9.17) is 0 Å². The highest BCUT2D eigenvalue weighted by molar-refractivity contribution is 5.86. The maximum atomic E-state index is 4.51. The minimum absolute atomic E-state index is 0.820. The zero-order chi connectivity index (χ0) is 26.1. The van der Waals surface area contributed by atoms with Gasteiger partial charge in [-0.3, -0.25) is 4.90 Å². The van der Waals surface area contributed by atoms with Gasteiger partial charge in [0, 0.05) is 22.7 Å². The quantitative estimate of drug-likeness (QED) is 0.426. The summed E-state index contributed by atoms with van der Waals surface area (Å²) in [6.45, 7) is 25.5. The molecule has 0 saturated heterocycles. The predicted octanol–water partition coefficient (Wildman–Crippen LogP) is 9.43. The smallest absolute Gasteiger partial charge is 0.107 e. The molecule has 184 valence electrons. The molecule has 0 saturated carbocycles. The Bertz CT molecular complexity index is 1200. The van der Waals surface area contributed by atoms with E-state index in [0.29, 0.717) is 0 Å². The first-order valence-electron chi connectivity index (χ1n) is 12.7. The molecule has 0 radical (unpaired) electrons. The summed E-state index contributed by atoms with van der Waals surface area (Å²) in [5.74, 6) is 0.820. The van der Waals surface area contributed by atoms with Gasteiger partial charge in [-0.25, -0.2) is 0 Å². The number of hydrogen-bond acceptors (Lipinski definition) is 2. The zero-order valence-corrected chi connectivity index (χ0v) is 22.9. The van der Waals surface area contributed by atoms with Crippen LogP contribution in [-0.4, -0.2) is 4.90 Å². The van der Waals surface area contributed by atoms with E-state index in [9.17, 15) is 0 Å². The summed E-state index contributed by atoms with van der Waals surface area (Å²) in [6, 6.07) is 15.3. The minimum Gasteiger partial charge on any atom is -0.345 e. The molecule has 0 bridgehead atoms. The normalized spacial score (nSPS) is 14.8. The van der Waals surface area contributed by atoms with E-state index in [1.165, 1.54) is 33.4 Å². The van der Waals surface area contributed by atoms with Gasteiger partial charge in [0.25, 0.3) is 0 Å². The molecule has 0 aliphatic carbocycles. The summed E-state index contributed by atoms with van der Waals surface area (Å²) in [6.07, 6.45) is 9.48. The molecule has 1 aliphatic rings. The van der Waals surface area contributed by atoms with Gasteiger partial charge in [0.05, 0.1) is 0 Å². The lowest BCUT2D eigenvalue weighted by atomic mass is 9.88. The van der Waals surface area contributed by atoms with Gasteiger partial charge < -0.3 is 5.32 Å². The lowest BCUT2D eigenvalue weighted by Crippen LogP contribution is -2.35. The van der Waals surface area contributed by atoms with Crippen molar-refractivity contribution in [2.75, 3.05) is 0 Å². The molecule has 3 rings (SSSR count). The number of aryl methyl sites for hydroxylation is 2. The van der Waals surface area contributed by atoms with Crippen molar-refractivity contribution in [1.29, 1.82) is 0 Å². The number of nitrogens with one attached hydrogen (secondary N) is 1. The van der Waals surface area contributed by atoms with Crippen molar-refractivity contribution >= 4 is 5.57 Å². The Morgan fingerprint density at radius 3 is 2.17 bits per heavy atom. The maximum Gasteiger partial charge on any atom is 0.107 e. The Morgan fingerprint density at radius 1 is 0.943 bits per heavy atom. The Labute approximate surface area is 213 Å². The lowest BCUT2D eigenvalue weighted by Gasteiger charge is -2.37. The molecule has 1 aliphatic heterocycles. The molecule has 0 amide bonds. The third-order valence-electron chi connectivity index (χ3n) is 6.07. The first-order chi connectivity index (χ1) is 16.8. The van der Waals surface area contributed by atoms with E-state index in [-0.39, 0.29) is 0 Å². The highest BCUT2D eigenvalue weighted by Gasteiger charge is 2.27. The van der Waals surface area contributed by atoms with Gasteiger partial charge in [0.1, 0.15) is 5.82 Å². The average molecular weight is 467 g/mol. The summed E-state index contributed by atoms with van der Waals surface area (Å²) in [4.78, 5) is 2.11. The SMILES string of the molecule is C=C1NC(C)=C(/C(=C\C)c2ccc(-c3ccccc3C)c(C)c2)C(=C)N1C(/C=C\C)=C/CC.CC. The van der Waals surface area contributed by atoms with Crippen LogP contribution in [0.2, 0.25) is 0 Å². The van der Waals surface area contributed by atoms with Crippen LogP contribution in [0.5, 0.6) is 0 Å². The second kappa shape index (κ2) is 12.8. The van der Waals surface area contributed by atoms with Crippen molar-refractivity contribution in [2.24, 2.45) is 0 Å². The number of allylic oxidation sites excluding steroid dienone is 6. The van der Waals surface area contributed by atoms with E-state index in [0.717, 1.165) is 34.9 Å². The fourth-order valence-electron chi connectivity index (χ4n) is 4.57. The molecular formula is C33H42N2. The van der Waals surface area contributed by atoms with Gasteiger partial charge in [0.2, 0.25) is 0 Å². The fraction of sp³-hybridized carbons (Fsp3) is 0.273. The topological polar surface area (TPSA) is 15.3 Å². The molecule has 0 spiro atoms. The molecule has 0 atom stereocenters. The molecule has 0 fully saturated rings. The Hall–Kier alpha value is -3.52. The third kappa shape index (κ3) is 5.95. The Kier molecular flexibility index (Phi) is 10.1. The van der Waals surface area contributed by atoms with E-state index in [1.807, 2.05) is 20.8 Å². The molecule has 0 aromatic heterocycles. The first kappa shape index (κ1) is 27.7. The molecular weight excluding hydrogens is 424 g/mol. The molecule has 1 N–H and O–H groups in total. The summed E-state index contributed by atoms with van der Waals surface area (Å²) < 4.78 is 0. The average Bonchev–Trinajstić information content (AvgIpc) is 2.83. The third-order valence-corrected chi connectivity index (χ3v) is 6.07. The molecule has 2 heteroatoms. The monoisotopic (exact) mass is 466 g/mol. The van der Waals surface area contributed by atoms with Crippen LogP contribution in [0.1, 0.15) is 64.7 Å². The molecule has 35 heavy (non-hydrogen) atoms. The number of benzene rings is 2. The van der Waals surface area contributed by atoms with Gasteiger partial charge >= 0.3 is 0 Å². The van der Waals surface area contributed by atoms with Gasteiger partial charge in [-0.15, -0.1) is 0 Å². The van der Waals surface area contributed by atoms with E-state index in [2.05, 4.69) is 125 Å². The van der Waals surface area contributed by atoms with Gasteiger partial charge in [-0.1, -0.05) is 94.6 Å². The van der Waals surface area contributed by atoms with Gasteiger partial charge in [-0.05, 0) is 80.5 Å². The summed E-state index contributed by atoms with van der Waals surface area (Å²) >= 11 is 0. The highest BCUT2D eigenvalue weighted by Crippen LogP contribution is 2.39. The summed E-state index contributed by atoms with van der Waals surface area (Å²) in [5.41, 5.74) is 11.6. The Morgan fingerprint density at radius 2 is 1.60 bits per heavy atom. The second-order valence-electron chi connectivity index (χ2n) is 8.44. The number of rotatable bonds is 6. The van der Waals surface area contributed by atoms with Crippen LogP contribution in [0.3, 0.4) is 0 Å². The van der Waals surface area contributed by atoms with Crippen molar-refractivity contribution in [1.82, 2.24) is 10.2 Å². The predicted molar refractivity (Wildman–Crippen MR) is 155 cm³/mol. The van der Waals surface area contributed by atoms with Crippen molar-refractivity contribution < 1.29 is 0 Å². The van der Waals surface area contributed by atoms with Crippen LogP contribution in [-0.2, 0) is 0 Å². The summed E-state index contributed by atoms with van der Waals surface area (Å²) in [7, 11) is 0. The molecule has 2 aromatic rings. The van der Waals surface area contributed by atoms with Crippen LogP contribution in [0.15, 0.2) is 108 Å². The first-order valence-corrected chi connectivity index (χ1v) is 12.7. The Balaban J connectivity index is 0.00000210. The van der Waals surface area contributed by atoms with Crippen LogP contribution < -0.4 is 5.32 Å². The van der Waals surface area contributed by atoms with Gasteiger partial charge in [-0.2, -0.15) is 0 Å². The van der Waals surface area contributed by atoms with Crippen LogP contribution in [0.4, 0.5) is 0 Å². The largest absolute Gasteiger partial charge is 0.345 e. The molecule has 1 heterocycles. The van der Waals surface area contributed by atoms with Crippen molar-refractivity contribution in [3.05, 3.63) is 125 Å². The van der Waals surface area contributed by atoms with Crippen LogP contribution in [0.25, 0.3) is 16.7 Å². The van der Waals surface area contributed by atoms with Crippen LogP contribution >= 0.6 is 0 Å². The zero-order valence-electron chi connectivity index (χ0n) is 22.9. The number of nitrogens with zero attached hydrogens (tertiary/aromatic N) is 1. The van der Waals surface area contributed by atoms with Crippen molar-refractivity contribution in [3.63, 3.8) is 0 Å². The lowest BCUT2D eigenvalue weighted by molar-refractivity contribution is 0.497.